The topological polar surface area (TPSA) is 65.5 Å². The fraction of sp³-hybridized carbons (Fsp3) is 0.0714. The van der Waals surface area contributed by atoms with Crippen molar-refractivity contribution in [3.05, 3.63) is 52.7 Å². The van der Waals surface area contributed by atoms with Crippen LogP contribution in [0.1, 0.15) is 20.7 Å². The zero-order valence-corrected chi connectivity index (χ0v) is 11.3. The number of pyridine rings is 1. The van der Waals surface area contributed by atoms with E-state index >= 15 is 0 Å². The minimum absolute atomic E-state index is 0.202. The number of halogens is 1. The van der Waals surface area contributed by atoms with Gasteiger partial charge in [-0.05, 0) is 24.3 Å². The number of ether oxygens (including phenoxy) is 2. The fourth-order valence-corrected chi connectivity index (χ4v) is 1.72. The molecular formula is C14H10ClNO4. The Bertz CT molecular complexity index is 657. The van der Waals surface area contributed by atoms with E-state index in [9.17, 15) is 9.59 Å². The number of hydrogen-bond donors (Lipinski definition) is 0. The first kappa shape index (κ1) is 14.0. The number of benzene rings is 1. The molecule has 20 heavy (non-hydrogen) atoms. The second kappa shape index (κ2) is 6.16. The highest BCUT2D eigenvalue weighted by molar-refractivity contribution is 6.32. The van der Waals surface area contributed by atoms with Crippen LogP contribution in [0, 0.1) is 0 Å². The minimum atomic E-state index is -0.486. The summed E-state index contributed by atoms with van der Waals surface area (Å²) in [5.41, 5.74) is 0.761. The van der Waals surface area contributed by atoms with Gasteiger partial charge >= 0.3 is 5.97 Å². The van der Waals surface area contributed by atoms with E-state index in [1.807, 2.05) is 0 Å². The lowest BCUT2D eigenvalue weighted by atomic mass is 10.2. The lowest BCUT2D eigenvalue weighted by Crippen LogP contribution is -2.01. The Morgan fingerprint density at radius 1 is 1.30 bits per heavy atom. The number of rotatable bonds is 4. The third-order valence-corrected chi connectivity index (χ3v) is 2.76. The van der Waals surface area contributed by atoms with Crippen LogP contribution in [0.3, 0.4) is 0 Å². The third kappa shape index (κ3) is 3.13. The van der Waals surface area contributed by atoms with Crippen LogP contribution in [0.25, 0.3) is 0 Å². The number of carbonyl (C=O) groups excluding carboxylic acids is 2. The third-order valence-electron chi connectivity index (χ3n) is 2.46. The summed E-state index contributed by atoms with van der Waals surface area (Å²) in [5.74, 6) is 0.0556. The molecule has 0 aliphatic heterocycles. The molecule has 0 aliphatic carbocycles. The first-order chi connectivity index (χ1) is 9.63. The molecule has 5 nitrogen and oxygen atoms in total. The van der Waals surface area contributed by atoms with Gasteiger partial charge in [0, 0.05) is 17.8 Å². The molecule has 0 aliphatic rings. The SMILES string of the molecule is COC(=O)c1ccnc(Oc2ccc(C=O)cc2Cl)c1. The van der Waals surface area contributed by atoms with E-state index in [0.717, 1.165) is 0 Å². The summed E-state index contributed by atoms with van der Waals surface area (Å²) in [4.78, 5) is 26.0. The molecule has 2 rings (SSSR count). The normalized spacial score (nSPS) is 9.90. The summed E-state index contributed by atoms with van der Waals surface area (Å²) in [5, 5.41) is 0.278. The fourth-order valence-electron chi connectivity index (χ4n) is 1.50. The molecule has 0 N–H and O–H groups in total. The van der Waals surface area contributed by atoms with Crippen LogP contribution in [-0.4, -0.2) is 24.3 Å². The quantitative estimate of drug-likeness (QED) is 0.639. The van der Waals surface area contributed by atoms with Crippen molar-refractivity contribution in [1.82, 2.24) is 4.98 Å². The standard InChI is InChI=1S/C14H10ClNO4/c1-19-14(18)10-4-5-16-13(7-10)20-12-3-2-9(8-17)6-11(12)15/h2-8H,1H3. The smallest absolute Gasteiger partial charge is 0.338 e. The highest BCUT2D eigenvalue weighted by Gasteiger charge is 2.09. The molecule has 6 heteroatoms. The van der Waals surface area contributed by atoms with Gasteiger partial charge in [0.2, 0.25) is 5.88 Å². The average molecular weight is 292 g/mol. The highest BCUT2D eigenvalue weighted by atomic mass is 35.5. The Balaban J connectivity index is 2.26. The van der Waals surface area contributed by atoms with Crippen LogP contribution in [-0.2, 0) is 4.74 Å². The average Bonchev–Trinajstić information content (AvgIpc) is 2.48. The van der Waals surface area contributed by atoms with E-state index in [-0.39, 0.29) is 10.9 Å². The molecule has 0 atom stereocenters. The van der Waals surface area contributed by atoms with Gasteiger partial charge in [-0.1, -0.05) is 11.6 Å². The molecule has 0 saturated heterocycles. The van der Waals surface area contributed by atoms with E-state index in [2.05, 4.69) is 9.72 Å². The molecular weight excluding hydrogens is 282 g/mol. The molecule has 1 heterocycles. The lowest BCUT2D eigenvalue weighted by Gasteiger charge is -2.07. The molecule has 1 aromatic heterocycles. The van der Waals surface area contributed by atoms with E-state index < -0.39 is 5.97 Å². The van der Waals surface area contributed by atoms with Gasteiger partial charge < -0.3 is 9.47 Å². The molecule has 0 bridgehead atoms. The maximum absolute atomic E-state index is 11.4. The van der Waals surface area contributed by atoms with Gasteiger partial charge in [-0.15, -0.1) is 0 Å². The van der Waals surface area contributed by atoms with Crippen molar-refractivity contribution in [2.24, 2.45) is 0 Å². The van der Waals surface area contributed by atoms with Gasteiger partial charge in [-0.3, -0.25) is 4.79 Å². The summed E-state index contributed by atoms with van der Waals surface area (Å²) >= 11 is 5.98. The van der Waals surface area contributed by atoms with Crippen molar-refractivity contribution >= 4 is 23.9 Å². The number of methoxy groups -OCH3 is 1. The molecule has 2 aromatic rings. The predicted molar refractivity (Wildman–Crippen MR) is 72.5 cm³/mol. The van der Waals surface area contributed by atoms with Crippen LogP contribution >= 0.6 is 11.6 Å². The largest absolute Gasteiger partial charge is 0.465 e. The summed E-state index contributed by atoms with van der Waals surface area (Å²) < 4.78 is 10.1. The van der Waals surface area contributed by atoms with Crippen LogP contribution < -0.4 is 4.74 Å². The molecule has 0 saturated carbocycles. The Morgan fingerprint density at radius 2 is 2.10 bits per heavy atom. The second-order valence-corrected chi connectivity index (χ2v) is 4.19. The Morgan fingerprint density at radius 3 is 2.75 bits per heavy atom. The van der Waals surface area contributed by atoms with Crippen LogP contribution in [0.5, 0.6) is 11.6 Å². The predicted octanol–water partition coefficient (Wildman–Crippen LogP) is 3.13. The monoisotopic (exact) mass is 291 g/mol. The summed E-state index contributed by atoms with van der Waals surface area (Å²) in [6.45, 7) is 0. The Labute approximate surface area is 120 Å². The first-order valence-electron chi connectivity index (χ1n) is 5.61. The van der Waals surface area contributed by atoms with Gasteiger partial charge in [-0.25, -0.2) is 9.78 Å². The molecule has 0 unspecified atom stereocenters. The Hall–Kier alpha value is -2.40. The number of aromatic nitrogens is 1. The van der Waals surface area contributed by atoms with Crippen molar-refractivity contribution in [2.45, 2.75) is 0 Å². The number of aldehydes is 1. The zero-order valence-electron chi connectivity index (χ0n) is 10.5. The number of carbonyl (C=O) groups is 2. The van der Waals surface area contributed by atoms with E-state index in [4.69, 9.17) is 16.3 Å². The molecule has 0 spiro atoms. The van der Waals surface area contributed by atoms with E-state index in [0.29, 0.717) is 23.2 Å². The van der Waals surface area contributed by atoms with Gasteiger partial charge in [0.1, 0.15) is 12.0 Å². The van der Waals surface area contributed by atoms with Gasteiger partial charge in [0.25, 0.3) is 0 Å². The van der Waals surface area contributed by atoms with Crippen LogP contribution in [0.2, 0.25) is 5.02 Å². The molecule has 102 valence electrons. The van der Waals surface area contributed by atoms with Crippen molar-refractivity contribution in [2.75, 3.05) is 7.11 Å². The van der Waals surface area contributed by atoms with E-state index in [1.54, 1.807) is 12.1 Å². The molecule has 0 fully saturated rings. The molecule has 1 aromatic carbocycles. The molecule has 0 radical (unpaired) electrons. The first-order valence-corrected chi connectivity index (χ1v) is 5.99. The van der Waals surface area contributed by atoms with E-state index in [1.165, 1.54) is 31.5 Å². The number of nitrogens with zero attached hydrogens (tertiary/aromatic N) is 1. The van der Waals surface area contributed by atoms with Crippen molar-refractivity contribution in [3.63, 3.8) is 0 Å². The van der Waals surface area contributed by atoms with Gasteiger partial charge in [0.15, 0.2) is 0 Å². The van der Waals surface area contributed by atoms with Crippen LogP contribution in [0.4, 0.5) is 0 Å². The molecule has 0 amide bonds. The van der Waals surface area contributed by atoms with Crippen molar-refractivity contribution < 1.29 is 19.1 Å². The number of esters is 1. The summed E-state index contributed by atoms with van der Waals surface area (Å²) in [6.07, 6.45) is 2.11. The second-order valence-electron chi connectivity index (χ2n) is 3.78. The summed E-state index contributed by atoms with van der Waals surface area (Å²) in [7, 11) is 1.29. The van der Waals surface area contributed by atoms with Crippen molar-refractivity contribution in [3.8, 4) is 11.6 Å². The lowest BCUT2D eigenvalue weighted by molar-refractivity contribution is 0.0600. The number of hydrogen-bond acceptors (Lipinski definition) is 5. The van der Waals surface area contributed by atoms with Crippen molar-refractivity contribution in [1.29, 1.82) is 0 Å². The maximum Gasteiger partial charge on any atom is 0.338 e. The zero-order chi connectivity index (χ0) is 14.5. The van der Waals surface area contributed by atoms with Crippen LogP contribution in [0.15, 0.2) is 36.5 Å². The minimum Gasteiger partial charge on any atom is -0.465 e. The highest BCUT2D eigenvalue weighted by Crippen LogP contribution is 2.29. The van der Waals surface area contributed by atoms with Gasteiger partial charge in [-0.2, -0.15) is 0 Å². The maximum atomic E-state index is 11.4. The summed E-state index contributed by atoms with van der Waals surface area (Å²) in [6, 6.07) is 7.55. The Kier molecular flexibility index (Phi) is 4.32. The van der Waals surface area contributed by atoms with Gasteiger partial charge in [0.05, 0.1) is 17.7 Å².